The molecule has 9 heteroatoms. The van der Waals surface area contributed by atoms with Crippen LogP contribution in [-0.4, -0.2) is 43.0 Å². The highest BCUT2D eigenvalue weighted by molar-refractivity contribution is 5.73. The molecule has 0 unspecified atom stereocenters. The van der Waals surface area contributed by atoms with Crippen LogP contribution in [0.25, 0.3) is 0 Å². The second-order valence-corrected chi connectivity index (χ2v) is 4.98. The van der Waals surface area contributed by atoms with Crippen LogP contribution in [0.1, 0.15) is 18.4 Å². The third kappa shape index (κ3) is 9.54. The summed E-state index contributed by atoms with van der Waals surface area (Å²) in [5.74, 6) is -0.812. The molecule has 0 fully saturated rings. The molecule has 0 aromatic heterocycles. The van der Waals surface area contributed by atoms with E-state index < -0.39 is 24.8 Å². The first kappa shape index (κ1) is 19.6. The van der Waals surface area contributed by atoms with E-state index in [1.165, 1.54) is 12.1 Å². The average Bonchev–Trinajstić information content (AvgIpc) is 2.49. The lowest BCUT2D eigenvalue weighted by atomic mass is 10.1. The van der Waals surface area contributed by atoms with Crippen LogP contribution in [-0.2, 0) is 11.2 Å². The second-order valence-electron chi connectivity index (χ2n) is 4.98. The Balaban J connectivity index is 2.27. The second kappa shape index (κ2) is 9.64. The van der Waals surface area contributed by atoms with Crippen molar-refractivity contribution in [3.05, 3.63) is 29.8 Å². The van der Waals surface area contributed by atoms with Gasteiger partial charge in [-0.1, -0.05) is 12.1 Å². The molecule has 0 heterocycles. The Morgan fingerprint density at radius 3 is 2.54 bits per heavy atom. The number of hydrogen-bond acceptors (Lipinski definition) is 3. The fourth-order valence-electron chi connectivity index (χ4n) is 1.78. The molecule has 0 atom stereocenters. The van der Waals surface area contributed by atoms with Crippen molar-refractivity contribution in [2.75, 3.05) is 19.7 Å². The summed E-state index contributed by atoms with van der Waals surface area (Å²) in [6, 6.07) is 5.78. The van der Waals surface area contributed by atoms with E-state index in [4.69, 9.17) is 5.11 Å². The predicted molar refractivity (Wildman–Crippen MR) is 80.0 cm³/mol. The summed E-state index contributed by atoms with van der Waals surface area (Å²) in [6.07, 6.45) is -3.66. The lowest BCUT2D eigenvalue weighted by Gasteiger charge is -2.11. The lowest BCUT2D eigenvalue weighted by molar-refractivity contribution is -0.153. The highest BCUT2D eigenvalue weighted by Gasteiger charge is 2.28. The van der Waals surface area contributed by atoms with Gasteiger partial charge in [-0.2, -0.15) is 13.2 Å². The summed E-state index contributed by atoms with van der Waals surface area (Å²) in [5.41, 5.74) is 0.723. The molecule has 1 aromatic rings. The number of amides is 2. The SMILES string of the molecule is O=C(O)CCCNC(=O)NCCc1cccc(OCC(F)(F)F)c1. The molecule has 0 saturated heterocycles. The van der Waals surface area contributed by atoms with E-state index in [1.807, 2.05) is 0 Å². The maximum absolute atomic E-state index is 12.1. The van der Waals surface area contributed by atoms with Crippen LogP contribution in [0.5, 0.6) is 5.75 Å². The molecular formula is C15H19F3N2O4. The van der Waals surface area contributed by atoms with Crippen LogP contribution in [0.15, 0.2) is 24.3 Å². The molecule has 24 heavy (non-hydrogen) atoms. The molecule has 1 rings (SSSR count). The third-order valence-corrected chi connectivity index (χ3v) is 2.85. The van der Waals surface area contributed by atoms with Crippen molar-refractivity contribution in [2.24, 2.45) is 0 Å². The average molecular weight is 348 g/mol. The Hall–Kier alpha value is -2.45. The van der Waals surface area contributed by atoms with E-state index in [0.29, 0.717) is 12.8 Å². The molecule has 0 spiro atoms. The first-order chi connectivity index (χ1) is 11.3. The van der Waals surface area contributed by atoms with Crippen molar-refractivity contribution in [3.63, 3.8) is 0 Å². The quantitative estimate of drug-likeness (QED) is 0.598. The van der Waals surface area contributed by atoms with Gasteiger partial charge in [0.1, 0.15) is 5.75 Å². The van der Waals surface area contributed by atoms with E-state index >= 15 is 0 Å². The maximum Gasteiger partial charge on any atom is 0.422 e. The molecule has 3 N–H and O–H groups in total. The van der Waals surface area contributed by atoms with Gasteiger partial charge in [0.05, 0.1) is 0 Å². The van der Waals surface area contributed by atoms with Gasteiger partial charge in [0, 0.05) is 19.5 Å². The number of halogens is 3. The Bertz CT molecular complexity index is 550. The van der Waals surface area contributed by atoms with E-state index in [9.17, 15) is 22.8 Å². The molecule has 2 amide bonds. The number of aliphatic carboxylic acids is 1. The number of rotatable bonds is 9. The topological polar surface area (TPSA) is 87.7 Å². The van der Waals surface area contributed by atoms with Gasteiger partial charge in [-0.05, 0) is 30.5 Å². The normalized spacial score (nSPS) is 11.0. The fraction of sp³-hybridized carbons (Fsp3) is 0.467. The van der Waals surface area contributed by atoms with Gasteiger partial charge in [-0.25, -0.2) is 4.79 Å². The Kier molecular flexibility index (Phi) is 7.87. The van der Waals surface area contributed by atoms with Crippen LogP contribution in [0.2, 0.25) is 0 Å². The molecule has 0 bridgehead atoms. The first-order valence-electron chi connectivity index (χ1n) is 7.28. The van der Waals surface area contributed by atoms with Crippen molar-refractivity contribution in [3.8, 4) is 5.75 Å². The van der Waals surface area contributed by atoms with Gasteiger partial charge in [0.25, 0.3) is 0 Å². The number of urea groups is 1. The Morgan fingerprint density at radius 2 is 1.88 bits per heavy atom. The summed E-state index contributed by atoms with van der Waals surface area (Å²) in [5, 5.41) is 13.5. The lowest BCUT2D eigenvalue weighted by Crippen LogP contribution is -2.37. The van der Waals surface area contributed by atoms with Crippen molar-refractivity contribution >= 4 is 12.0 Å². The predicted octanol–water partition coefficient (Wildman–Crippen LogP) is 2.33. The van der Waals surface area contributed by atoms with Crippen LogP contribution >= 0.6 is 0 Å². The minimum Gasteiger partial charge on any atom is -0.484 e. The van der Waals surface area contributed by atoms with E-state index in [0.717, 1.165) is 5.56 Å². The molecule has 0 aliphatic carbocycles. The zero-order valence-corrected chi connectivity index (χ0v) is 12.9. The summed E-state index contributed by atoms with van der Waals surface area (Å²) < 4.78 is 40.9. The van der Waals surface area contributed by atoms with Gasteiger partial charge in [-0.15, -0.1) is 0 Å². The van der Waals surface area contributed by atoms with Crippen LogP contribution < -0.4 is 15.4 Å². The minimum absolute atomic E-state index is 0.0228. The summed E-state index contributed by atoms with van der Waals surface area (Å²) in [7, 11) is 0. The number of nitrogens with one attached hydrogen (secondary N) is 2. The molecule has 134 valence electrons. The highest BCUT2D eigenvalue weighted by Crippen LogP contribution is 2.19. The fourth-order valence-corrected chi connectivity index (χ4v) is 1.78. The summed E-state index contributed by atoms with van der Waals surface area (Å²) in [6.45, 7) is -0.820. The summed E-state index contributed by atoms with van der Waals surface area (Å²) in [4.78, 5) is 21.7. The van der Waals surface area contributed by atoms with Crippen molar-refractivity contribution in [1.29, 1.82) is 0 Å². The zero-order chi connectivity index (χ0) is 18.0. The van der Waals surface area contributed by atoms with Crippen molar-refractivity contribution < 1.29 is 32.6 Å². The molecule has 1 aromatic carbocycles. The molecule has 6 nitrogen and oxygen atoms in total. The number of hydrogen-bond donors (Lipinski definition) is 3. The van der Waals surface area contributed by atoms with Crippen LogP contribution in [0.4, 0.5) is 18.0 Å². The third-order valence-electron chi connectivity index (χ3n) is 2.85. The Morgan fingerprint density at radius 1 is 1.17 bits per heavy atom. The standard InChI is InChI=1S/C15H19F3N2O4/c16-15(17,18)10-24-12-4-1-3-11(9-12)6-8-20-14(23)19-7-2-5-13(21)22/h1,3-4,9H,2,5-8,10H2,(H,21,22)(H2,19,20,23). The number of alkyl halides is 3. The van der Waals surface area contributed by atoms with E-state index in [2.05, 4.69) is 15.4 Å². The monoisotopic (exact) mass is 348 g/mol. The highest BCUT2D eigenvalue weighted by atomic mass is 19.4. The van der Waals surface area contributed by atoms with Gasteiger partial charge in [0.2, 0.25) is 0 Å². The zero-order valence-electron chi connectivity index (χ0n) is 12.9. The molecule has 0 aliphatic heterocycles. The van der Waals surface area contributed by atoms with E-state index in [-0.39, 0.29) is 25.3 Å². The number of benzene rings is 1. The molecule has 0 radical (unpaired) electrons. The number of carboxylic acid groups (broad SMARTS) is 1. The van der Waals surface area contributed by atoms with Gasteiger partial charge >= 0.3 is 18.2 Å². The largest absolute Gasteiger partial charge is 0.484 e. The Labute approximate surface area is 137 Å². The number of carbonyl (C=O) groups is 2. The van der Waals surface area contributed by atoms with Crippen molar-refractivity contribution in [1.82, 2.24) is 10.6 Å². The number of carbonyl (C=O) groups excluding carboxylic acids is 1. The van der Waals surface area contributed by atoms with Crippen LogP contribution in [0, 0.1) is 0 Å². The summed E-state index contributed by atoms with van der Waals surface area (Å²) >= 11 is 0. The smallest absolute Gasteiger partial charge is 0.422 e. The molecular weight excluding hydrogens is 329 g/mol. The van der Waals surface area contributed by atoms with E-state index in [1.54, 1.807) is 12.1 Å². The first-order valence-corrected chi connectivity index (χ1v) is 7.28. The van der Waals surface area contributed by atoms with Gasteiger partial charge in [-0.3, -0.25) is 4.79 Å². The van der Waals surface area contributed by atoms with Crippen LogP contribution in [0.3, 0.4) is 0 Å². The molecule has 0 aliphatic rings. The maximum atomic E-state index is 12.1. The van der Waals surface area contributed by atoms with Crippen molar-refractivity contribution in [2.45, 2.75) is 25.4 Å². The minimum atomic E-state index is -4.39. The van der Waals surface area contributed by atoms with Gasteiger partial charge in [0.15, 0.2) is 6.61 Å². The van der Waals surface area contributed by atoms with Gasteiger partial charge < -0.3 is 20.5 Å². The number of ether oxygens (including phenoxy) is 1. The number of carboxylic acids is 1. The molecule has 0 saturated carbocycles.